The zero-order valence-electron chi connectivity index (χ0n) is 10.5. The highest BCUT2D eigenvalue weighted by atomic mass is 35.5. The van der Waals surface area contributed by atoms with Crippen molar-refractivity contribution in [1.29, 1.82) is 0 Å². The van der Waals surface area contributed by atoms with Crippen LogP contribution in [0.4, 0.5) is 11.4 Å². The van der Waals surface area contributed by atoms with E-state index in [0.717, 1.165) is 6.42 Å². The number of nitrogens with two attached hydrogens (primary N) is 1. The van der Waals surface area contributed by atoms with Gasteiger partial charge in [0.1, 0.15) is 0 Å². The normalized spacial score (nSPS) is 10.6. The Hall–Kier alpha value is -1.22. The van der Waals surface area contributed by atoms with Gasteiger partial charge >= 0.3 is 0 Å². The Kier molecular flexibility index (Phi) is 4.82. The van der Waals surface area contributed by atoms with Gasteiger partial charge in [-0.3, -0.25) is 4.79 Å². The first kappa shape index (κ1) is 13.8. The smallest absolute Gasteiger partial charge is 0.226 e. The van der Waals surface area contributed by atoms with Gasteiger partial charge in [0.05, 0.1) is 11.4 Å². The predicted octanol–water partition coefficient (Wildman–Crippen LogP) is 3.32. The van der Waals surface area contributed by atoms with Crippen LogP contribution in [0.3, 0.4) is 0 Å². The number of anilines is 2. The second kappa shape index (κ2) is 5.92. The van der Waals surface area contributed by atoms with E-state index in [2.05, 4.69) is 13.8 Å². The Morgan fingerprint density at radius 2 is 2.12 bits per heavy atom. The highest BCUT2D eigenvalue weighted by molar-refractivity contribution is 6.31. The van der Waals surface area contributed by atoms with E-state index in [-0.39, 0.29) is 5.91 Å². The van der Waals surface area contributed by atoms with E-state index in [1.165, 1.54) is 0 Å². The summed E-state index contributed by atoms with van der Waals surface area (Å²) in [5.41, 5.74) is 7.07. The molecular formula is C13H19ClN2O. The van der Waals surface area contributed by atoms with Gasteiger partial charge in [-0.15, -0.1) is 0 Å². The van der Waals surface area contributed by atoms with E-state index in [4.69, 9.17) is 17.3 Å². The van der Waals surface area contributed by atoms with Crippen molar-refractivity contribution in [3.05, 3.63) is 23.2 Å². The number of carbonyl (C=O) groups excluding carboxylic acids is 1. The minimum absolute atomic E-state index is 0.0627. The first-order valence-corrected chi connectivity index (χ1v) is 6.11. The molecule has 0 bridgehead atoms. The maximum atomic E-state index is 11.9. The summed E-state index contributed by atoms with van der Waals surface area (Å²) in [5, 5.41) is 0.581. The summed E-state index contributed by atoms with van der Waals surface area (Å²) in [4.78, 5) is 13.5. The Balaban J connectivity index is 2.77. The van der Waals surface area contributed by atoms with Crippen molar-refractivity contribution in [2.24, 2.45) is 5.92 Å². The second-order valence-corrected chi connectivity index (χ2v) is 5.02. The maximum absolute atomic E-state index is 11.9. The van der Waals surface area contributed by atoms with Crippen LogP contribution in [0.1, 0.15) is 26.7 Å². The van der Waals surface area contributed by atoms with Gasteiger partial charge in [-0.1, -0.05) is 25.4 Å². The second-order valence-electron chi connectivity index (χ2n) is 4.59. The number of benzene rings is 1. The summed E-state index contributed by atoms with van der Waals surface area (Å²) in [6, 6.07) is 5.14. The Morgan fingerprint density at radius 1 is 1.47 bits per heavy atom. The molecule has 1 amide bonds. The molecule has 1 rings (SSSR count). The lowest BCUT2D eigenvalue weighted by Crippen LogP contribution is -2.27. The molecule has 0 atom stereocenters. The van der Waals surface area contributed by atoms with Crippen LogP contribution < -0.4 is 10.6 Å². The van der Waals surface area contributed by atoms with E-state index in [1.54, 1.807) is 30.1 Å². The minimum Gasteiger partial charge on any atom is -0.397 e. The quantitative estimate of drug-likeness (QED) is 0.838. The van der Waals surface area contributed by atoms with Crippen molar-refractivity contribution < 1.29 is 4.79 Å². The van der Waals surface area contributed by atoms with E-state index < -0.39 is 0 Å². The van der Waals surface area contributed by atoms with Crippen LogP contribution in [0, 0.1) is 5.92 Å². The van der Waals surface area contributed by atoms with E-state index in [0.29, 0.717) is 28.7 Å². The molecule has 94 valence electrons. The van der Waals surface area contributed by atoms with Gasteiger partial charge in [0, 0.05) is 18.5 Å². The van der Waals surface area contributed by atoms with Crippen LogP contribution in [0.5, 0.6) is 0 Å². The number of hydrogen-bond acceptors (Lipinski definition) is 2. The van der Waals surface area contributed by atoms with Crippen molar-refractivity contribution in [1.82, 2.24) is 0 Å². The lowest BCUT2D eigenvalue weighted by molar-refractivity contribution is -0.118. The van der Waals surface area contributed by atoms with Crippen LogP contribution in [0.15, 0.2) is 18.2 Å². The zero-order valence-corrected chi connectivity index (χ0v) is 11.3. The van der Waals surface area contributed by atoms with Gasteiger partial charge in [0.25, 0.3) is 0 Å². The Labute approximate surface area is 108 Å². The molecule has 1 aromatic carbocycles. The molecule has 2 N–H and O–H groups in total. The largest absolute Gasteiger partial charge is 0.397 e. The highest BCUT2D eigenvalue weighted by Crippen LogP contribution is 2.26. The number of rotatable bonds is 4. The molecule has 0 spiro atoms. The maximum Gasteiger partial charge on any atom is 0.226 e. The third-order valence-corrected chi connectivity index (χ3v) is 2.90. The molecule has 0 unspecified atom stereocenters. The van der Waals surface area contributed by atoms with Gasteiger partial charge in [0.2, 0.25) is 5.91 Å². The van der Waals surface area contributed by atoms with Crippen LogP contribution in [-0.4, -0.2) is 13.0 Å². The van der Waals surface area contributed by atoms with Crippen molar-refractivity contribution in [2.75, 3.05) is 17.7 Å². The van der Waals surface area contributed by atoms with Crippen LogP contribution in [-0.2, 0) is 4.79 Å². The number of hydrogen-bond donors (Lipinski definition) is 1. The van der Waals surface area contributed by atoms with E-state index in [9.17, 15) is 4.79 Å². The van der Waals surface area contributed by atoms with Crippen molar-refractivity contribution >= 4 is 28.9 Å². The van der Waals surface area contributed by atoms with Gasteiger partial charge in [-0.05, 0) is 30.5 Å². The van der Waals surface area contributed by atoms with Gasteiger partial charge in [-0.25, -0.2) is 0 Å². The van der Waals surface area contributed by atoms with Gasteiger partial charge < -0.3 is 10.6 Å². The Bertz CT molecular complexity index is 404. The van der Waals surface area contributed by atoms with E-state index in [1.807, 2.05) is 0 Å². The molecule has 4 heteroatoms. The SMILES string of the molecule is CC(C)CCC(=O)N(C)c1cc(Cl)ccc1N. The average Bonchev–Trinajstić information content (AvgIpc) is 2.28. The topological polar surface area (TPSA) is 46.3 Å². The Morgan fingerprint density at radius 3 is 2.71 bits per heavy atom. The number of amides is 1. The molecule has 0 saturated heterocycles. The van der Waals surface area contributed by atoms with Crippen molar-refractivity contribution in [2.45, 2.75) is 26.7 Å². The molecule has 0 radical (unpaired) electrons. The first-order chi connectivity index (χ1) is 7.91. The number of nitrogens with zero attached hydrogens (tertiary/aromatic N) is 1. The van der Waals surface area contributed by atoms with E-state index >= 15 is 0 Å². The van der Waals surface area contributed by atoms with Gasteiger partial charge in [-0.2, -0.15) is 0 Å². The summed E-state index contributed by atoms with van der Waals surface area (Å²) in [6.07, 6.45) is 1.41. The fourth-order valence-corrected chi connectivity index (χ4v) is 1.69. The van der Waals surface area contributed by atoms with Crippen LogP contribution >= 0.6 is 11.6 Å². The summed E-state index contributed by atoms with van der Waals surface area (Å²) in [5.74, 6) is 0.580. The first-order valence-electron chi connectivity index (χ1n) is 5.73. The lowest BCUT2D eigenvalue weighted by Gasteiger charge is -2.20. The molecule has 1 aromatic rings. The molecule has 0 fully saturated rings. The van der Waals surface area contributed by atoms with Crippen molar-refractivity contribution in [3.8, 4) is 0 Å². The standard InChI is InChI=1S/C13H19ClN2O/c1-9(2)4-7-13(17)16(3)12-8-10(14)5-6-11(12)15/h5-6,8-9H,4,7,15H2,1-3H3. The lowest BCUT2D eigenvalue weighted by atomic mass is 10.1. The monoisotopic (exact) mass is 254 g/mol. The molecule has 0 aliphatic carbocycles. The fraction of sp³-hybridized carbons (Fsp3) is 0.462. The molecule has 0 aliphatic rings. The number of carbonyl (C=O) groups is 1. The molecule has 3 nitrogen and oxygen atoms in total. The van der Waals surface area contributed by atoms with Gasteiger partial charge in [0.15, 0.2) is 0 Å². The molecule has 0 aromatic heterocycles. The number of halogens is 1. The summed E-state index contributed by atoms with van der Waals surface area (Å²) in [6.45, 7) is 4.20. The third kappa shape index (κ3) is 3.93. The average molecular weight is 255 g/mol. The fourth-order valence-electron chi connectivity index (χ4n) is 1.52. The summed E-state index contributed by atoms with van der Waals surface area (Å²) < 4.78 is 0. The summed E-state index contributed by atoms with van der Waals surface area (Å²) >= 11 is 5.90. The predicted molar refractivity (Wildman–Crippen MR) is 73.3 cm³/mol. The molecule has 17 heavy (non-hydrogen) atoms. The third-order valence-electron chi connectivity index (χ3n) is 2.66. The minimum atomic E-state index is 0.0627. The molecular weight excluding hydrogens is 236 g/mol. The van der Waals surface area contributed by atoms with Crippen LogP contribution in [0.2, 0.25) is 5.02 Å². The number of nitrogen functional groups attached to an aromatic ring is 1. The highest BCUT2D eigenvalue weighted by Gasteiger charge is 2.14. The molecule has 0 saturated carbocycles. The van der Waals surface area contributed by atoms with Crippen LogP contribution in [0.25, 0.3) is 0 Å². The van der Waals surface area contributed by atoms with Crippen molar-refractivity contribution in [3.63, 3.8) is 0 Å². The zero-order chi connectivity index (χ0) is 13.0. The molecule has 0 heterocycles. The molecule has 0 aliphatic heterocycles. The summed E-state index contributed by atoms with van der Waals surface area (Å²) in [7, 11) is 1.73.